The second-order valence-electron chi connectivity index (χ2n) is 6.07. The summed E-state index contributed by atoms with van der Waals surface area (Å²) in [5.41, 5.74) is 0.207. The molecule has 0 bridgehead atoms. The van der Waals surface area contributed by atoms with Crippen molar-refractivity contribution < 1.29 is 13.2 Å². The molecular formula is C15H23N3O3S2. The number of thiol groups is 1. The molecule has 8 heteroatoms. The summed E-state index contributed by atoms with van der Waals surface area (Å²) in [6.07, 6.45) is 1.59. The minimum absolute atomic E-state index is 0.0511. The number of anilines is 1. The van der Waals surface area contributed by atoms with E-state index in [2.05, 4.69) is 28.0 Å². The Hall–Kier alpha value is -1.51. The Bertz CT molecular complexity index is 720. The van der Waals surface area contributed by atoms with Gasteiger partial charge in [-0.05, 0) is 32.9 Å². The van der Waals surface area contributed by atoms with Crippen LogP contribution in [0.3, 0.4) is 0 Å². The van der Waals surface area contributed by atoms with E-state index in [0.717, 1.165) is 0 Å². The van der Waals surface area contributed by atoms with Crippen LogP contribution in [0.4, 0.5) is 5.69 Å². The Morgan fingerprint density at radius 1 is 1.26 bits per heavy atom. The molecule has 0 radical (unpaired) electrons. The summed E-state index contributed by atoms with van der Waals surface area (Å²) in [7, 11) is -2.09. The normalized spacial score (nSPS) is 12.9. The van der Waals surface area contributed by atoms with Crippen molar-refractivity contribution in [3.63, 3.8) is 0 Å². The molecule has 0 aliphatic heterocycles. The molecule has 1 rings (SSSR count). The molecule has 0 atom stereocenters. The maximum Gasteiger partial charge on any atom is 0.241 e. The standard InChI is InChI=1S/C15H23N3O3S2/c1-10(19)17-11-6-7-12(13(22)9-16-5)14(8-11)23(20,21)18-15(2,3)4/h6-9,16,18,22H,1-5H3,(H,17,19)/b13-9-. The second kappa shape index (κ2) is 7.37. The van der Waals surface area contributed by atoms with Gasteiger partial charge in [-0.1, -0.05) is 6.07 Å². The van der Waals surface area contributed by atoms with Crippen molar-refractivity contribution in [2.24, 2.45) is 0 Å². The summed E-state index contributed by atoms with van der Waals surface area (Å²) < 4.78 is 28.0. The van der Waals surface area contributed by atoms with Crippen LogP contribution in [-0.4, -0.2) is 26.9 Å². The Balaban J connectivity index is 3.50. The first-order valence-corrected chi connectivity index (χ1v) is 8.92. The van der Waals surface area contributed by atoms with Crippen LogP contribution >= 0.6 is 12.6 Å². The maximum atomic E-state index is 12.7. The molecule has 6 nitrogen and oxygen atoms in total. The number of benzene rings is 1. The van der Waals surface area contributed by atoms with Gasteiger partial charge in [-0.3, -0.25) is 4.79 Å². The van der Waals surface area contributed by atoms with E-state index in [0.29, 0.717) is 16.2 Å². The number of hydrogen-bond acceptors (Lipinski definition) is 5. The molecule has 3 N–H and O–H groups in total. The molecule has 0 saturated heterocycles. The number of nitrogens with one attached hydrogen (secondary N) is 3. The van der Waals surface area contributed by atoms with E-state index in [1.165, 1.54) is 13.0 Å². The lowest BCUT2D eigenvalue weighted by Crippen LogP contribution is -2.40. The van der Waals surface area contributed by atoms with Crippen LogP contribution in [0.15, 0.2) is 29.3 Å². The lowest BCUT2D eigenvalue weighted by Gasteiger charge is -2.22. The third kappa shape index (κ3) is 5.89. The minimum Gasteiger partial charge on any atom is -0.393 e. The fourth-order valence-corrected chi connectivity index (χ4v) is 3.98. The first-order chi connectivity index (χ1) is 10.5. The van der Waals surface area contributed by atoms with E-state index in [1.807, 2.05) is 0 Å². The van der Waals surface area contributed by atoms with E-state index in [1.54, 1.807) is 46.2 Å². The van der Waals surface area contributed by atoms with E-state index in [-0.39, 0.29) is 10.8 Å². The monoisotopic (exact) mass is 357 g/mol. The molecule has 1 aromatic rings. The van der Waals surface area contributed by atoms with E-state index in [4.69, 9.17) is 0 Å². The van der Waals surface area contributed by atoms with Gasteiger partial charge in [-0.2, -0.15) is 0 Å². The van der Waals surface area contributed by atoms with Gasteiger partial charge in [-0.15, -0.1) is 12.6 Å². The van der Waals surface area contributed by atoms with Crippen LogP contribution in [0.1, 0.15) is 33.3 Å². The Morgan fingerprint density at radius 2 is 1.87 bits per heavy atom. The zero-order chi connectivity index (χ0) is 17.8. The summed E-state index contributed by atoms with van der Waals surface area (Å²) >= 11 is 4.34. The highest BCUT2D eigenvalue weighted by atomic mass is 32.2. The van der Waals surface area contributed by atoms with E-state index < -0.39 is 15.6 Å². The molecule has 0 aliphatic rings. The molecule has 128 valence electrons. The first kappa shape index (κ1) is 19.5. The van der Waals surface area contributed by atoms with Gasteiger partial charge in [0, 0.05) is 41.9 Å². The van der Waals surface area contributed by atoms with Crippen molar-refractivity contribution in [3.05, 3.63) is 30.0 Å². The van der Waals surface area contributed by atoms with E-state index >= 15 is 0 Å². The van der Waals surface area contributed by atoms with Gasteiger partial charge in [0.1, 0.15) is 0 Å². The molecule has 0 saturated carbocycles. The van der Waals surface area contributed by atoms with Crippen LogP contribution in [0, 0.1) is 0 Å². The molecule has 1 aromatic carbocycles. The summed E-state index contributed by atoms with van der Waals surface area (Å²) in [6.45, 7) is 6.63. The highest BCUT2D eigenvalue weighted by molar-refractivity contribution is 7.91. The van der Waals surface area contributed by atoms with E-state index in [9.17, 15) is 13.2 Å². The zero-order valence-electron chi connectivity index (χ0n) is 13.9. The molecule has 0 unspecified atom stereocenters. The third-order valence-electron chi connectivity index (χ3n) is 2.59. The number of carbonyl (C=O) groups is 1. The van der Waals surface area contributed by atoms with Gasteiger partial charge in [0.25, 0.3) is 0 Å². The van der Waals surface area contributed by atoms with Crippen molar-refractivity contribution in [3.8, 4) is 0 Å². The molecule has 0 aliphatic carbocycles. The van der Waals surface area contributed by atoms with Gasteiger partial charge >= 0.3 is 0 Å². The molecule has 0 fully saturated rings. The van der Waals surface area contributed by atoms with Crippen LogP contribution in [0.2, 0.25) is 0 Å². The number of sulfonamides is 1. The quantitative estimate of drug-likeness (QED) is 0.608. The zero-order valence-corrected chi connectivity index (χ0v) is 15.6. The predicted molar refractivity (Wildman–Crippen MR) is 96.8 cm³/mol. The lowest BCUT2D eigenvalue weighted by molar-refractivity contribution is -0.114. The molecule has 0 heterocycles. The second-order valence-corrected chi connectivity index (χ2v) is 8.20. The molecule has 0 spiro atoms. The fraction of sp³-hybridized carbons (Fsp3) is 0.400. The molecule has 23 heavy (non-hydrogen) atoms. The summed E-state index contributed by atoms with van der Waals surface area (Å²) in [6, 6.07) is 4.66. The van der Waals surface area contributed by atoms with Crippen molar-refractivity contribution in [2.75, 3.05) is 12.4 Å². The smallest absolute Gasteiger partial charge is 0.241 e. The highest BCUT2D eigenvalue weighted by Crippen LogP contribution is 2.29. The number of hydrogen-bond donors (Lipinski definition) is 4. The van der Waals surface area contributed by atoms with Crippen LogP contribution in [0.25, 0.3) is 4.91 Å². The van der Waals surface area contributed by atoms with Gasteiger partial charge in [0.2, 0.25) is 15.9 Å². The number of carbonyl (C=O) groups excluding carboxylic acids is 1. The van der Waals surface area contributed by atoms with Crippen LogP contribution in [0.5, 0.6) is 0 Å². The highest BCUT2D eigenvalue weighted by Gasteiger charge is 2.25. The predicted octanol–water partition coefficient (Wildman–Crippen LogP) is 2.17. The molecular weight excluding hydrogens is 334 g/mol. The van der Waals surface area contributed by atoms with Gasteiger partial charge in [0.05, 0.1) is 4.90 Å². The van der Waals surface area contributed by atoms with Gasteiger partial charge < -0.3 is 10.6 Å². The summed E-state index contributed by atoms with van der Waals surface area (Å²) in [4.78, 5) is 11.7. The number of rotatable bonds is 5. The largest absolute Gasteiger partial charge is 0.393 e. The lowest BCUT2D eigenvalue weighted by atomic mass is 10.1. The Kier molecular flexibility index (Phi) is 6.26. The van der Waals surface area contributed by atoms with Crippen molar-refractivity contribution in [1.29, 1.82) is 0 Å². The van der Waals surface area contributed by atoms with Gasteiger partial charge in [-0.25, -0.2) is 13.1 Å². The summed E-state index contributed by atoms with van der Waals surface area (Å²) in [5.74, 6) is -0.276. The molecule has 1 amide bonds. The SMILES string of the molecule is CN/C=C(\S)c1ccc(NC(C)=O)cc1S(=O)(=O)NC(C)(C)C. The maximum absolute atomic E-state index is 12.7. The average molecular weight is 358 g/mol. The van der Waals surface area contributed by atoms with Crippen molar-refractivity contribution in [1.82, 2.24) is 10.0 Å². The topological polar surface area (TPSA) is 87.3 Å². The van der Waals surface area contributed by atoms with Crippen LogP contribution < -0.4 is 15.4 Å². The average Bonchev–Trinajstić information content (AvgIpc) is 2.35. The fourth-order valence-electron chi connectivity index (χ4n) is 1.91. The molecule has 0 aromatic heterocycles. The Labute approximate surface area is 143 Å². The first-order valence-electron chi connectivity index (χ1n) is 6.98. The van der Waals surface area contributed by atoms with Crippen LogP contribution in [-0.2, 0) is 14.8 Å². The third-order valence-corrected chi connectivity index (χ3v) is 4.76. The van der Waals surface area contributed by atoms with Gasteiger partial charge in [0.15, 0.2) is 0 Å². The number of amides is 1. The summed E-state index contributed by atoms with van der Waals surface area (Å²) in [5, 5.41) is 5.40. The van der Waals surface area contributed by atoms with Crippen molar-refractivity contribution in [2.45, 2.75) is 38.1 Å². The Morgan fingerprint density at radius 3 is 2.35 bits per heavy atom. The van der Waals surface area contributed by atoms with Crippen molar-refractivity contribution >= 4 is 39.2 Å². The minimum atomic E-state index is -3.79.